The number of nitro groups is 1. The quantitative estimate of drug-likeness (QED) is 0.341. The second-order valence-electron chi connectivity index (χ2n) is 5.87. The van der Waals surface area contributed by atoms with Crippen LogP contribution < -0.4 is 15.0 Å². The summed E-state index contributed by atoms with van der Waals surface area (Å²) in [6, 6.07) is 10.9. The SMILES string of the molecule is COc1ccc(NC(=O)/C(C#N)=C/c2ccc(N(C)C)c([N+](=O)[O-])c2)cc1Cl. The van der Waals surface area contributed by atoms with Gasteiger partial charge in [0.25, 0.3) is 11.6 Å². The third kappa shape index (κ3) is 4.78. The topological polar surface area (TPSA) is 108 Å². The number of amides is 1. The third-order valence-electron chi connectivity index (χ3n) is 3.76. The minimum absolute atomic E-state index is 0.126. The molecule has 2 aromatic carbocycles. The van der Waals surface area contributed by atoms with Gasteiger partial charge in [0, 0.05) is 25.8 Å². The van der Waals surface area contributed by atoms with E-state index in [0.717, 1.165) is 0 Å². The summed E-state index contributed by atoms with van der Waals surface area (Å²) in [5, 5.41) is 23.5. The number of methoxy groups -OCH3 is 1. The van der Waals surface area contributed by atoms with Crippen LogP contribution in [0.1, 0.15) is 5.56 Å². The molecule has 144 valence electrons. The lowest BCUT2D eigenvalue weighted by atomic mass is 10.1. The average molecular weight is 401 g/mol. The van der Waals surface area contributed by atoms with Crippen LogP contribution in [0.3, 0.4) is 0 Å². The predicted octanol–water partition coefficient (Wildman–Crippen LogP) is 3.87. The van der Waals surface area contributed by atoms with Gasteiger partial charge in [-0.15, -0.1) is 0 Å². The lowest BCUT2D eigenvalue weighted by Gasteiger charge is -2.12. The highest BCUT2D eigenvalue weighted by molar-refractivity contribution is 6.32. The van der Waals surface area contributed by atoms with Crippen molar-refractivity contribution in [2.75, 3.05) is 31.4 Å². The fourth-order valence-corrected chi connectivity index (χ4v) is 2.67. The van der Waals surface area contributed by atoms with Crippen molar-refractivity contribution >= 4 is 40.6 Å². The summed E-state index contributed by atoms with van der Waals surface area (Å²) in [6.45, 7) is 0. The summed E-state index contributed by atoms with van der Waals surface area (Å²) in [5.74, 6) is -0.216. The number of benzene rings is 2. The first-order chi connectivity index (χ1) is 13.3. The van der Waals surface area contributed by atoms with E-state index in [1.54, 1.807) is 49.3 Å². The van der Waals surface area contributed by atoms with Crippen molar-refractivity contribution in [1.29, 1.82) is 5.26 Å². The van der Waals surface area contributed by atoms with Crippen LogP contribution >= 0.6 is 11.6 Å². The zero-order chi connectivity index (χ0) is 20.8. The number of hydrogen-bond donors (Lipinski definition) is 1. The van der Waals surface area contributed by atoms with Gasteiger partial charge >= 0.3 is 0 Å². The number of nitro benzene ring substituents is 1. The Labute approximate surface area is 166 Å². The summed E-state index contributed by atoms with van der Waals surface area (Å²) < 4.78 is 5.04. The van der Waals surface area contributed by atoms with Crippen molar-refractivity contribution < 1.29 is 14.5 Å². The largest absolute Gasteiger partial charge is 0.495 e. The molecule has 0 aliphatic carbocycles. The van der Waals surface area contributed by atoms with E-state index in [0.29, 0.717) is 27.7 Å². The predicted molar refractivity (Wildman–Crippen MR) is 108 cm³/mol. The second kappa shape index (κ2) is 8.88. The number of carbonyl (C=O) groups excluding carboxylic acids is 1. The molecule has 9 heteroatoms. The number of anilines is 2. The number of nitrogens with one attached hydrogen (secondary N) is 1. The molecular formula is C19H17ClN4O4. The van der Waals surface area contributed by atoms with E-state index >= 15 is 0 Å². The summed E-state index contributed by atoms with van der Waals surface area (Å²) >= 11 is 6.02. The van der Waals surface area contributed by atoms with Crippen LogP contribution in [-0.2, 0) is 4.79 Å². The summed E-state index contributed by atoms with van der Waals surface area (Å²) in [7, 11) is 4.84. The molecule has 0 atom stereocenters. The van der Waals surface area contributed by atoms with E-state index in [-0.39, 0.29) is 11.3 Å². The molecular weight excluding hydrogens is 384 g/mol. The second-order valence-corrected chi connectivity index (χ2v) is 6.28. The average Bonchev–Trinajstić information content (AvgIpc) is 2.65. The zero-order valence-electron chi connectivity index (χ0n) is 15.4. The molecule has 1 amide bonds. The third-order valence-corrected chi connectivity index (χ3v) is 4.06. The summed E-state index contributed by atoms with van der Waals surface area (Å²) in [6.07, 6.45) is 1.28. The highest BCUT2D eigenvalue weighted by Crippen LogP contribution is 2.29. The number of carbonyl (C=O) groups is 1. The monoisotopic (exact) mass is 400 g/mol. The van der Waals surface area contributed by atoms with Gasteiger partial charge in [0.2, 0.25) is 0 Å². The molecule has 0 fully saturated rings. The smallest absolute Gasteiger partial charge is 0.293 e. The minimum Gasteiger partial charge on any atom is -0.495 e. The van der Waals surface area contributed by atoms with Gasteiger partial charge in [0.1, 0.15) is 23.1 Å². The van der Waals surface area contributed by atoms with Crippen molar-refractivity contribution in [2.45, 2.75) is 0 Å². The Morgan fingerprint density at radius 2 is 2.04 bits per heavy atom. The maximum atomic E-state index is 12.4. The Morgan fingerprint density at radius 3 is 2.57 bits per heavy atom. The molecule has 0 heterocycles. The van der Waals surface area contributed by atoms with Crippen LogP contribution in [0.25, 0.3) is 6.08 Å². The molecule has 0 saturated carbocycles. The van der Waals surface area contributed by atoms with Crippen molar-refractivity contribution in [3.05, 3.63) is 62.7 Å². The zero-order valence-corrected chi connectivity index (χ0v) is 16.1. The van der Waals surface area contributed by atoms with Crippen molar-refractivity contribution in [2.24, 2.45) is 0 Å². The van der Waals surface area contributed by atoms with Crippen LogP contribution in [0.4, 0.5) is 17.1 Å². The van der Waals surface area contributed by atoms with E-state index in [9.17, 15) is 20.2 Å². The Balaban J connectivity index is 2.31. The molecule has 2 aromatic rings. The minimum atomic E-state index is -0.664. The first-order valence-electron chi connectivity index (χ1n) is 7.99. The van der Waals surface area contributed by atoms with Crippen molar-refractivity contribution in [3.63, 3.8) is 0 Å². The van der Waals surface area contributed by atoms with Gasteiger partial charge in [-0.05, 0) is 35.9 Å². The first-order valence-corrected chi connectivity index (χ1v) is 8.37. The summed E-state index contributed by atoms with van der Waals surface area (Å²) in [4.78, 5) is 24.8. The number of nitrogens with zero attached hydrogens (tertiary/aromatic N) is 3. The number of ether oxygens (including phenoxy) is 1. The molecule has 0 spiro atoms. The van der Waals surface area contributed by atoms with Crippen LogP contribution in [0, 0.1) is 21.4 Å². The number of nitriles is 1. The van der Waals surface area contributed by atoms with E-state index in [1.165, 1.54) is 25.3 Å². The molecule has 0 radical (unpaired) electrons. The Morgan fingerprint density at radius 1 is 1.32 bits per heavy atom. The maximum absolute atomic E-state index is 12.4. The van der Waals surface area contributed by atoms with Gasteiger partial charge in [0.15, 0.2) is 0 Å². The molecule has 8 nitrogen and oxygen atoms in total. The van der Waals surface area contributed by atoms with Crippen molar-refractivity contribution in [1.82, 2.24) is 0 Å². The molecule has 0 saturated heterocycles. The number of halogens is 1. The Hall–Kier alpha value is -3.57. The molecule has 0 bridgehead atoms. The number of hydrogen-bond acceptors (Lipinski definition) is 6. The van der Waals surface area contributed by atoms with Crippen LogP contribution in [0.2, 0.25) is 5.02 Å². The van der Waals surface area contributed by atoms with Gasteiger partial charge in [-0.2, -0.15) is 5.26 Å². The van der Waals surface area contributed by atoms with Gasteiger partial charge in [-0.1, -0.05) is 17.7 Å². The van der Waals surface area contributed by atoms with Gasteiger partial charge in [-0.25, -0.2) is 0 Å². The normalized spacial score (nSPS) is 10.8. The van der Waals surface area contributed by atoms with E-state index < -0.39 is 10.8 Å². The maximum Gasteiger partial charge on any atom is 0.293 e. The lowest BCUT2D eigenvalue weighted by molar-refractivity contribution is -0.384. The Bertz CT molecular complexity index is 996. The summed E-state index contributed by atoms with van der Waals surface area (Å²) in [5.41, 5.74) is 0.817. The van der Waals surface area contributed by atoms with E-state index in [1.807, 2.05) is 0 Å². The molecule has 28 heavy (non-hydrogen) atoms. The lowest BCUT2D eigenvalue weighted by Crippen LogP contribution is -2.13. The van der Waals surface area contributed by atoms with E-state index in [4.69, 9.17) is 16.3 Å². The van der Waals surface area contributed by atoms with E-state index in [2.05, 4.69) is 5.32 Å². The van der Waals surface area contributed by atoms with Crippen LogP contribution in [-0.4, -0.2) is 32.0 Å². The molecule has 1 N–H and O–H groups in total. The number of rotatable bonds is 6. The van der Waals surface area contributed by atoms with Crippen LogP contribution in [0.5, 0.6) is 5.75 Å². The Kier molecular flexibility index (Phi) is 6.58. The first kappa shape index (κ1) is 20.7. The van der Waals surface area contributed by atoms with Gasteiger partial charge in [0.05, 0.1) is 17.1 Å². The molecule has 0 aliphatic rings. The fraction of sp³-hybridized carbons (Fsp3) is 0.158. The van der Waals surface area contributed by atoms with Crippen molar-refractivity contribution in [3.8, 4) is 11.8 Å². The van der Waals surface area contributed by atoms with Gasteiger partial charge < -0.3 is 15.0 Å². The molecule has 0 unspecified atom stereocenters. The van der Waals surface area contributed by atoms with Crippen LogP contribution in [0.15, 0.2) is 42.0 Å². The molecule has 0 aromatic heterocycles. The fourth-order valence-electron chi connectivity index (χ4n) is 2.41. The standard InChI is InChI=1S/C19H17ClN4O4/c1-23(2)16-6-4-12(9-17(16)24(26)27)8-13(11-21)19(25)22-14-5-7-18(28-3)15(20)10-14/h4-10H,1-3H3,(H,22,25)/b13-8+. The van der Waals surface area contributed by atoms with Gasteiger partial charge in [-0.3, -0.25) is 14.9 Å². The molecule has 2 rings (SSSR count). The highest BCUT2D eigenvalue weighted by atomic mass is 35.5. The molecule has 0 aliphatic heterocycles. The highest BCUT2D eigenvalue weighted by Gasteiger charge is 2.17.